The smallest absolute Gasteiger partial charge is 0.321 e. The zero-order chi connectivity index (χ0) is 15.2. The first-order valence-electron chi connectivity index (χ1n) is 7.28. The minimum atomic E-state index is -0.0305. The molecule has 1 saturated heterocycles. The molecule has 0 unspecified atom stereocenters. The molecule has 4 nitrogen and oxygen atoms in total. The number of carbonyl (C=O) groups excluding carboxylic acids is 1. The highest BCUT2D eigenvalue weighted by atomic mass is 32.2. The molecule has 1 aliphatic rings. The SMILES string of the molecule is O=C(Nc1ccc(Oc2ccccc2)cc1)N1CCSCC1. The van der Waals surface area contributed by atoms with Crippen molar-refractivity contribution in [1.82, 2.24) is 4.90 Å². The minimum Gasteiger partial charge on any atom is -0.457 e. The molecule has 0 aliphatic carbocycles. The minimum absolute atomic E-state index is 0.0305. The molecule has 2 amide bonds. The van der Waals surface area contributed by atoms with E-state index in [1.54, 1.807) is 0 Å². The molecule has 1 fully saturated rings. The maximum atomic E-state index is 12.1. The van der Waals surface area contributed by atoms with Gasteiger partial charge in [-0.1, -0.05) is 18.2 Å². The Kier molecular flexibility index (Phi) is 4.85. The zero-order valence-corrected chi connectivity index (χ0v) is 13.0. The van der Waals surface area contributed by atoms with Gasteiger partial charge in [-0.05, 0) is 36.4 Å². The van der Waals surface area contributed by atoms with Crippen molar-refractivity contribution in [1.29, 1.82) is 0 Å². The number of benzene rings is 2. The monoisotopic (exact) mass is 314 g/mol. The summed E-state index contributed by atoms with van der Waals surface area (Å²) in [6, 6.07) is 17.0. The molecule has 114 valence electrons. The lowest BCUT2D eigenvalue weighted by Gasteiger charge is -2.26. The lowest BCUT2D eigenvalue weighted by Crippen LogP contribution is -2.40. The number of nitrogens with zero attached hydrogens (tertiary/aromatic N) is 1. The van der Waals surface area contributed by atoms with Crippen molar-refractivity contribution >= 4 is 23.5 Å². The molecule has 2 aromatic carbocycles. The summed E-state index contributed by atoms with van der Waals surface area (Å²) in [5.41, 5.74) is 0.781. The Bertz CT molecular complexity index is 610. The summed E-state index contributed by atoms with van der Waals surface area (Å²) in [7, 11) is 0. The van der Waals surface area contributed by atoms with Crippen LogP contribution in [-0.2, 0) is 0 Å². The van der Waals surface area contributed by atoms with Crippen LogP contribution in [0.2, 0.25) is 0 Å². The van der Waals surface area contributed by atoms with E-state index in [-0.39, 0.29) is 6.03 Å². The summed E-state index contributed by atoms with van der Waals surface area (Å²) in [6.45, 7) is 1.62. The van der Waals surface area contributed by atoms with E-state index in [0.717, 1.165) is 41.8 Å². The Labute approximate surface area is 134 Å². The first-order valence-corrected chi connectivity index (χ1v) is 8.43. The average Bonchev–Trinajstić information content (AvgIpc) is 2.58. The van der Waals surface area contributed by atoms with Gasteiger partial charge in [-0.2, -0.15) is 11.8 Å². The summed E-state index contributed by atoms with van der Waals surface area (Å²) >= 11 is 1.89. The van der Waals surface area contributed by atoms with Crippen molar-refractivity contribution in [3.05, 3.63) is 54.6 Å². The fraction of sp³-hybridized carbons (Fsp3) is 0.235. The van der Waals surface area contributed by atoms with Crippen molar-refractivity contribution in [2.75, 3.05) is 29.9 Å². The maximum Gasteiger partial charge on any atom is 0.321 e. The number of rotatable bonds is 3. The molecule has 1 N–H and O–H groups in total. The number of amides is 2. The molecule has 0 aromatic heterocycles. The lowest BCUT2D eigenvalue weighted by atomic mass is 10.3. The molecule has 5 heteroatoms. The molecule has 3 rings (SSSR count). The van der Waals surface area contributed by atoms with E-state index in [2.05, 4.69) is 5.32 Å². The van der Waals surface area contributed by atoms with E-state index in [4.69, 9.17) is 4.74 Å². The summed E-state index contributed by atoms with van der Waals surface area (Å²) in [5.74, 6) is 3.57. The topological polar surface area (TPSA) is 41.6 Å². The van der Waals surface area contributed by atoms with Crippen LogP contribution < -0.4 is 10.1 Å². The Balaban J connectivity index is 1.58. The third kappa shape index (κ3) is 3.95. The second kappa shape index (κ2) is 7.22. The Morgan fingerprint density at radius 2 is 1.59 bits per heavy atom. The van der Waals surface area contributed by atoms with Gasteiger partial charge in [0.15, 0.2) is 0 Å². The van der Waals surface area contributed by atoms with Crippen molar-refractivity contribution in [3.63, 3.8) is 0 Å². The van der Waals surface area contributed by atoms with E-state index in [0.29, 0.717) is 0 Å². The molecule has 2 aromatic rings. The van der Waals surface area contributed by atoms with Gasteiger partial charge in [0.2, 0.25) is 0 Å². The first kappa shape index (κ1) is 14.8. The summed E-state index contributed by atoms with van der Waals surface area (Å²) < 4.78 is 5.73. The van der Waals surface area contributed by atoms with Gasteiger partial charge in [0.1, 0.15) is 11.5 Å². The summed E-state index contributed by atoms with van der Waals surface area (Å²) in [4.78, 5) is 14.0. The summed E-state index contributed by atoms with van der Waals surface area (Å²) in [6.07, 6.45) is 0. The van der Waals surface area contributed by atoms with Gasteiger partial charge in [-0.3, -0.25) is 0 Å². The molecule has 1 heterocycles. The Morgan fingerprint density at radius 3 is 2.27 bits per heavy atom. The van der Waals surface area contributed by atoms with E-state index >= 15 is 0 Å². The Hall–Kier alpha value is -2.14. The fourth-order valence-corrected chi connectivity index (χ4v) is 3.10. The van der Waals surface area contributed by atoms with Crippen molar-refractivity contribution in [3.8, 4) is 11.5 Å². The molecule has 0 atom stereocenters. The molecule has 0 bridgehead atoms. The predicted octanol–water partition coefficient (Wildman–Crippen LogP) is 4.06. The molecule has 22 heavy (non-hydrogen) atoms. The van der Waals surface area contributed by atoms with Crippen LogP contribution in [0, 0.1) is 0 Å². The van der Waals surface area contributed by atoms with Crippen molar-refractivity contribution < 1.29 is 9.53 Å². The number of thioether (sulfide) groups is 1. The summed E-state index contributed by atoms with van der Waals surface area (Å²) in [5, 5.41) is 2.92. The van der Waals surface area contributed by atoms with Gasteiger partial charge in [0.05, 0.1) is 0 Å². The lowest BCUT2D eigenvalue weighted by molar-refractivity contribution is 0.217. The molecule has 1 aliphatic heterocycles. The number of urea groups is 1. The number of para-hydroxylation sites is 1. The van der Waals surface area contributed by atoms with Crippen LogP contribution in [0.25, 0.3) is 0 Å². The number of hydrogen-bond acceptors (Lipinski definition) is 3. The highest BCUT2D eigenvalue weighted by molar-refractivity contribution is 7.99. The van der Waals surface area contributed by atoms with Gasteiger partial charge < -0.3 is 15.0 Å². The van der Waals surface area contributed by atoms with E-state index in [1.165, 1.54) is 0 Å². The van der Waals surface area contributed by atoms with E-state index < -0.39 is 0 Å². The van der Waals surface area contributed by atoms with Crippen LogP contribution in [0.15, 0.2) is 54.6 Å². The predicted molar refractivity (Wildman–Crippen MR) is 90.9 cm³/mol. The van der Waals surface area contributed by atoms with Crippen LogP contribution in [0.5, 0.6) is 11.5 Å². The first-order chi connectivity index (χ1) is 10.8. The van der Waals surface area contributed by atoms with Crippen molar-refractivity contribution in [2.24, 2.45) is 0 Å². The highest BCUT2D eigenvalue weighted by Gasteiger charge is 2.16. The van der Waals surface area contributed by atoms with Crippen LogP contribution in [-0.4, -0.2) is 35.5 Å². The second-order valence-electron chi connectivity index (χ2n) is 4.97. The van der Waals surface area contributed by atoms with Gasteiger partial charge in [0.25, 0.3) is 0 Å². The van der Waals surface area contributed by atoms with Crippen LogP contribution in [0.3, 0.4) is 0 Å². The van der Waals surface area contributed by atoms with Crippen LogP contribution >= 0.6 is 11.8 Å². The average molecular weight is 314 g/mol. The molecular formula is C17H18N2O2S. The normalized spacial score (nSPS) is 14.5. The molecule has 0 saturated carbocycles. The third-order valence-corrected chi connectivity index (χ3v) is 4.33. The van der Waals surface area contributed by atoms with Crippen LogP contribution in [0.4, 0.5) is 10.5 Å². The van der Waals surface area contributed by atoms with Crippen LogP contribution in [0.1, 0.15) is 0 Å². The third-order valence-electron chi connectivity index (χ3n) is 3.38. The Morgan fingerprint density at radius 1 is 0.955 bits per heavy atom. The van der Waals surface area contributed by atoms with Gasteiger partial charge in [-0.15, -0.1) is 0 Å². The second-order valence-corrected chi connectivity index (χ2v) is 6.19. The number of nitrogens with one attached hydrogen (secondary N) is 1. The standard InChI is InChI=1S/C17H18N2O2S/c20-17(19-10-12-22-13-11-19)18-14-6-8-16(9-7-14)21-15-4-2-1-3-5-15/h1-9H,10-13H2,(H,18,20). The van der Waals surface area contributed by atoms with Gasteiger partial charge >= 0.3 is 6.03 Å². The van der Waals surface area contributed by atoms with Gasteiger partial charge in [0, 0.05) is 30.3 Å². The number of hydrogen-bond donors (Lipinski definition) is 1. The largest absolute Gasteiger partial charge is 0.457 e. The maximum absolute atomic E-state index is 12.1. The number of ether oxygens (including phenoxy) is 1. The molecular weight excluding hydrogens is 296 g/mol. The molecule has 0 spiro atoms. The van der Waals surface area contributed by atoms with E-state index in [9.17, 15) is 4.79 Å². The van der Waals surface area contributed by atoms with Gasteiger partial charge in [-0.25, -0.2) is 4.79 Å². The number of carbonyl (C=O) groups is 1. The highest BCUT2D eigenvalue weighted by Crippen LogP contribution is 2.22. The fourth-order valence-electron chi connectivity index (χ4n) is 2.20. The molecule has 0 radical (unpaired) electrons. The van der Waals surface area contributed by atoms with E-state index in [1.807, 2.05) is 71.3 Å². The number of anilines is 1. The van der Waals surface area contributed by atoms with Crippen molar-refractivity contribution in [2.45, 2.75) is 0 Å². The quantitative estimate of drug-likeness (QED) is 0.929. The zero-order valence-electron chi connectivity index (χ0n) is 12.2.